The highest BCUT2D eigenvalue weighted by Gasteiger charge is 2.06. The Morgan fingerprint density at radius 1 is 1.14 bits per heavy atom. The average molecular weight is 295 g/mol. The van der Waals surface area contributed by atoms with Crippen LogP contribution in [0.1, 0.15) is 11.1 Å². The third-order valence-electron chi connectivity index (χ3n) is 3.41. The first-order chi connectivity index (χ1) is 10.2. The summed E-state index contributed by atoms with van der Waals surface area (Å²) < 4.78 is 1.98. The van der Waals surface area contributed by atoms with E-state index in [1.807, 2.05) is 34.9 Å². The van der Waals surface area contributed by atoms with E-state index in [2.05, 4.69) is 6.07 Å². The van der Waals surface area contributed by atoms with Crippen LogP contribution in [-0.2, 0) is 6.54 Å². The predicted molar refractivity (Wildman–Crippen MR) is 83.5 cm³/mol. The molecule has 4 heteroatoms. The topological polar surface area (TPSA) is 45.8 Å². The molecule has 0 bridgehead atoms. The van der Waals surface area contributed by atoms with Gasteiger partial charge >= 0.3 is 0 Å². The maximum atomic E-state index is 11.9. The van der Waals surface area contributed by atoms with Crippen molar-refractivity contribution in [3.63, 3.8) is 0 Å². The lowest BCUT2D eigenvalue weighted by Crippen LogP contribution is -2.09. The van der Waals surface area contributed by atoms with Gasteiger partial charge in [0.1, 0.15) is 0 Å². The molecular weight excluding hydrogens is 284 g/mol. The maximum Gasteiger partial charge on any atom is 0.189 e. The molecule has 0 aliphatic carbocycles. The average Bonchev–Trinajstić information content (AvgIpc) is 2.52. The SMILES string of the molecule is N#Cc1ccc(Cn2ccc(=O)c3ccccc32)c(Cl)c1. The molecule has 0 aliphatic rings. The lowest BCUT2D eigenvalue weighted by atomic mass is 10.1. The van der Waals surface area contributed by atoms with E-state index < -0.39 is 0 Å². The number of halogens is 1. The largest absolute Gasteiger partial charge is 0.343 e. The molecule has 0 saturated carbocycles. The van der Waals surface area contributed by atoms with Crippen molar-refractivity contribution >= 4 is 22.5 Å². The van der Waals surface area contributed by atoms with E-state index in [0.717, 1.165) is 11.1 Å². The molecule has 0 saturated heterocycles. The molecule has 1 aromatic heterocycles. The monoisotopic (exact) mass is 294 g/mol. The number of pyridine rings is 1. The number of aromatic nitrogens is 1. The number of benzene rings is 2. The number of nitriles is 1. The van der Waals surface area contributed by atoms with Crippen molar-refractivity contribution in [1.82, 2.24) is 4.57 Å². The molecule has 21 heavy (non-hydrogen) atoms. The summed E-state index contributed by atoms with van der Waals surface area (Å²) in [6.07, 6.45) is 1.76. The van der Waals surface area contributed by atoms with Crippen molar-refractivity contribution in [2.75, 3.05) is 0 Å². The van der Waals surface area contributed by atoms with Crippen molar-refractivity contribution in [3.8, 4) is 6.07 Å². The Hall–Kier alpha value is -2.57. The van der Waals surface area contributed by atoms with Gasteiger partial charge in [0.2, 0.25) is 0 Å². The van der Waals surface area contributed by atoms with Gasteiger partial charge in [-0.15, -0.1) is 0 Å². The molecule has 0 amide bonds. The van der Waals surface area contributed by atoms with Crippen molar-refractivity contribution in [2.24, 2.45) is 0 Å². The summed E-state index contributed by atoms with van der Waals surface area (Å²) in [5.41, 5.74) is 2.32. The van der Waals surface area contributed by atoms with Gasteiger partial charge in [-0.3, -0.25) is 4.79 Å². The van der Waals surface area contributed by atoms with Gasteiger partial charge in [0, 0.05) is 29.2 Å². The number of nitrogens with zero attached hydrogens (tertiary/aromatic N) is 2. The Morgan fingerprint density at radius 3 is 2.71 bits per heavy atom. The molecule has 2 aromatic carbocycles. The number of rotatable bonds is 2. The van der Waals surface area contributed by atoms with Crippen LogP contribution in [-0.4, -0.2) is 4.57 Å². The summed E-state index contributed by atoms with van der Waals surface area (Å²) in [7, 11) is 0. The maximum absolute atomic E-state index is 11.9. The van der Waals surface area contributed by atoms with E-state index in [0.29, 0.717) is 22.5 Å². The second kappa shape index (κ2) is 5.43. The van der Waals surface area contributed by atoms with Gasteiger partial charge in [-0.25, -0.2) is 0 Å². The van der Waals surface area contributed by atoms with Crippen LogP contribution in [0.3, 0.4) is 0 Å². The minimum Gasteiger partial charge on any atom is -0.343 e. The number of para-hydroxylation sites is 1. The van der Waals surface area contributed by atoms with Crippen LogP contribution in [0.15, 0.2) is 59.5 Å². The Labute approximate surface area is 126 Å². The molecule has 0 spiro atoms. The van der Waals surface area contributed by atoms with E-state index in [4.69, 9.17) is 16.9 Å². The van der Waals surface area contributed by atoms with E-state index in [9.17, 15) is 4.79 Å². The van der Waals surface area contributed by atoms with Gasteiger partial charge < -0.3 is 4.57 Å². The second-order valence-electron chi connectivity index (χ2n) is 4.74. The summed E-state index contributed by atoms with van der Waals surface area (Å²) >= 11 is 6.21. The molecule has 0 aliphatic heterocycles. The van der Waals surface area contributed by atoms with Gasteiger partial charge in [0.25, 0.3) is 0 Å². The lowest BCUT2D eigenvalue weighted by molar-refractivity contribution is 0.826. The zero-order chi connectivity index (χ0) is 14.8. The zero-order valence-electron chi connectivity index (χ0n) is 11.1. The first-order valence-electron chi connectivity index (χ1n) is 6.46. The molecule has 0 N–H and O–H groups in total. The van der Waals surface area contributed by atoms with E-state index >= 15 is 0 Å². The minimum atomic E-state index is 0.00720. The van der Waals surface area contributed by atoms with Crippen LogP contribution in [0.2, 0.25) is 5.02 Å². The summed E-state index contributed by atoms with van der Waals surface area (Å²) in [6, 6.07) is 16.3. The van der Waals surface area contributed by atoms with Crippen LogP contribution >= 0.6 is 11.6 Å². The number of hydrogen-bond donors (Lipinski definition) is 0. The molecule has 0 fully saturated rings. The molecule has 1 heterocycles. The fourth-order valence-electron chi connectivity index (χ4n) is 2.33. The fraction of sp³-hybridized carbons (Fsp3) is 0.0588. The van der Waals surface area contributed by atoms with Crippen LogP contribution < -0.4 is 5.43 Å². The highest BCUT2D eigenvalue weighted by molar-refractivity contribution is 6.31. The van der Waals surface area contributed by atoms with Crippen LogP contribution in [0.25, 0.3) is 10.9 Å². The minimum absolute atomic E-state index is 0.00720. The molecule has 102 valence electrons. The quantitative estimate of drug-likeness (QED) is 0.725. The Kier molecular flexibility index (Phi) is 3.47. The van der Waals surface area contributed by atoms with Crippen molar-refractivity contribution < 1.29 is 0 Å². The van der Waals surface area contributed by atoms with Gasteiger partial charge in [-0.05, 0) is 29.8 Å². The van der Waals surface area contributed by atoms with Gasteiger partial charge in [-0.2, -0.15) is 5.26 Å². The zero-order valence-corrected chi connectivity index (χ0v) is 11.8. The highest BCUT2D eigenvalue weighted by Crippen LogP contribution is 2.20. The van der Waals surface area contributed by atoms with Crippen molar-refractivity contribution in [2.45, 2.75) is 6.54 Å². The Bertz CT molecular complexity index is 922. The first-order valence-corrected chi connectivity index (χ1v) is 6.83. The molecule has 3 rings (SSSR count). The second-order valence-corrected chi connectivity index (χ2v) is 5.15. The van der Waals surface area contributed by atoms with Gasteiger partial charge in [0.15, 0.2) is 5.43 Å². The Balaban J connectivity index is 2.09. The predicted octanol–water partition coefficient (Wildman–Crippen LogP) is 3.57. The highest BCUT2D eigenvalue weighted by atomic mass is 35.5. The molecule has 0 unspecified atom stereocenters. The standard InChI is InChI=1S/C17H11ClN2O/c18-15-9-12(10-19)5-6-13(15)11-20-8-7-17(21)14-3-1-2-4-16(14)20/h1-9H,11H2. The number of hydrogen-bond acceptors (Lipinski definition) is 2. The van der Waals surface area contributed by atoms with E-state index in [1.165, 1.54) is 0 Å². The first kappa shape index (κ1) is 13.4. The summed E-state index contributed by atoms with van der Waals surface area (Å²) in [5.74, 6) is 0. The molecular formula is C17H11ClN2O. The fourth-order valence-corrected chi connectivity index (χ4v) is 2.57. The third kappa shape index (κ3) is 2.54. The van der Waals surface area contributed by atoms with E-state index in [1.54, 1.807) is 24.4 Å². The normalized spacial score (nSPS) is 10.5. The van der Waals surface area contributed by atoms with Crippen molar-refractivity contribution in [3.05, 3.63) is 81.1 Å². The Morgan fingerprint density at radius 2 is 1.95 bits per heavy atom. The van der Waals surface area contributed by atoms with Crippen molar-refractivity contribution in [1.29, 1.82) is 5.26 Å². The van der Waals surface area contributed by atoms with Crippen LogP contribution in [0, 0.1) is 11.3 Å². The number of fused-ring (bicyclic) bond motifs is 1. The molecule has 0 atom stereocenters. The smallest absolute Gasteiger partial charge is 0.189 e. The summed E-state index contributed by atoms with van der Waals surface area (Å²) in [4.78, 5) is 11.9. The van der Waals surface area contributed by atoms with Crippen LogP contribution in [0.5, 0.6) is 0 Å². The van der Waals surface area contributed by atoms with E-state index in [-0.39, 0.29) is 5.43 Å². The summed E-state index contributed by atoms with van der Waals surface area (Å²) in [6.45, 7) is 0.547. The van der Waals surface area contributed by atoms with Crippen LogP contribution in [0.4, 0.5) is 0 Å². The molecule has 3 aromatic rings. The van der Waals surface area contributed by atoms with Gasteiger partial charge in [-0.1, -0.05) is 29.8 Å². The molecule has 3 nitrogen and oxygen atoms in total. The lowest BCUT2D eigenvalue weighted by Gasteiger charge is -2.12. The summed E-state index contributed by atoms with van der Waals surface area (Å²) in [5, 5.41) is 10.1. The van der Waals surface area contributed by atoms with Gasteiger partial charge in [0.05, 0.1) is 17.1 Å². The molecule has 0 radical (unpaired) electrons. The third-order valence-corrected chi connectivity index (χ3v) is 3.76.